The van der Waals surface area contributed by atoms with E-state index in [4.69, 9.17) is 10.5 Å². The van der Waals surface area contributed by atoms with Crippen molar-refractivity contribution in [3.05, 3.63) is 72.1 Å². The predicted molar refractivity (Wildman–Crippen MR) is 85.3 cm³/mol. The van der Waals surface area contributed by atoms with E-state index in [2.05, 4.69) is 23.2 Å². The number of aromatic nitrogens is 1. The van der Waals surface area contributed by atoms with E-state index >= 15 is 0 Å². The predicted octanol–water partition coefficient (Wildman–Crippen LogP) is 3.32. The lowest BCUT2D eigenvalue weighted by Gasteiger charge is -2.13. The van der Waals surface area contributed by atoms with Crippen LogP contribution in [-0.4, -0.2) is 11.6 Å². The minimum Gasteiger partial charge on any atom is -0.493 e. The first kappa shape index (κ1) is 13.6. The largest absolute Gasteiger partial charge is 0.493 e. The van der Waals surface area contributed by atoms with Gasteiger partial charge >= 0.3 is 0 Å². The zero-order valence-electron chi connectivity index (χ0n) is 11.8. The SMILES string of the molecule is NCc1c(OCCc2ccccn2)ccc2ccccc12. The molecule has 1 heterocycles. The maximum absolute atomic E-state index is 5.92. The summed E-state index contributed by atoms with van der Waals surface area (Å²) < 4.78 is 5.92. The van der Waals surface area contributed by atoms with Gasteiger partial charge in [-0.15, -0.1) is 0 Å². The quantitative estimate of drug-likeness (QED) is 0.779. The van der Waals surface area contributed by atoms with Crippen LogP contribution in [0.25, 0.3) is 10.8 Å². The molecule has 2 aromatic carbocycles. The molecule has 0 radical (unpaired) electrons. The minimum absolute atomic E-state index is 0.472. The molecule has 3 nitrogen and oxygen atoms in total. The van der Waals surface area contributed by atoms with Gasteiger partial charge in [0.2, 0.25) is 0 Å². The first-order chi connectivity index (χ1) is 10.4. The Morgan fingerprint density at radius 2 is 1.81 bits per heavy atom. The molecule has 2 N–H and O–H groups in total. The third-order valence-electron chi connectivity index (χ3n) is 3.54. The maximum atomic E-state index is 5.92. The topological polar surface area (TPSA) is 48.1 Å². The first-order valence-electron chi connectivity index (χ1n) is 7.12. The second-order valence-corrected chi connectivity index (χ2v) is 4.89. The standard InChI is InChI=1S/C18H18N2O/c19-13-17-16-7-2-1-5-14(16)8-9-18(17)21-12-10-15-6-3-4-11-20-15/h1-9,11H,10,12-13,19H2. The summed E-state index contributed by atoms with van der Waals surface area (Å²) in [6.45, 7) is 1.07. The van der Waals surface area contributed by atoms with Gasteiger partial charge in [-0.25, -0.2) is 0 Å². The van der Waals surface area contributed by atoms with Gasteiger partial charge in [0.1, 0.15) is 5.75 Å². The number of fused-ring (bicyclic) bond motifs is 1. The molecule has 1 aromatic heterocycles. The fourth-order valence-corrected chi connectivity index (χ4v) is 2.47. The monoisotopic (exact) mass is 278 g/mol. The van der Waals surface area contributed by atoms with E-state index in [1.807, 2.05) is 36.4 Å². The maximum Gasteiger partial charge on any atom is 0.124 e. The van der Waals surface area contributed by atoms with Crippen LogP contribution in [0.2, 0.25) is 0 Å². The smallest absolute Gasteiger partial charge is 0.124 e. The molecule has 0 aliphatic heterocycles. The summed E-state index contributed by atoms with van der Waals surface area (Å²) in [5.74, 6) is 0.868. The van der Waals surface area contributed by atoms with Crippen molar-refractivity contribution in [2.75, 3.05) is 6.61 Å². The third-order valence-corrected chi connectivity index (χ3v) is 3.54. The molecule has 0 aliphatic carbocycles. The zero-order chi connectivity index (χ0) is 14.5. The highest BCUT2D eigenvalue weighted by molar-refractivity contribution is 5.87. The van der Waals surface area contributed by atoms with Crippen molar-refractivity contribution < 1.29 is 4.74 Å². The van der Waals surface area contributed by atoms with Crippen LogP contribution >= 0.6 is 0 Å². The van der Waals surface area contributed by atoms with Crippen molar-refractivity contribution >= 4 is 10.8 Å². The molecule has 21 heavy (non-hydrogen) atoms. The lowest BCUT2D eigenvalue weighted by molar-refractivity contribution is 0.318. The molecule has 3 aromatic rings. The summed E-state index contributed by atoms with van der Waals surface area (Å²) in [5, 5.41) is 2.35. The highest BCUT2D eigenvalue weighted by atomic mass is 16.5. The molecule has 0 fully saturated rings. The molecular weight excluding hydrogens is 260 g/mol. The molecular formula is C18H18N2O. The van der Waals surface area contributed by atoms with Gasteiger partial charge in [0.25, 0.3) is 0 Å². The van der Waals surface area contributed by atoms with Crippen molar-refractivity contribution in [1.29, 1.82) is 0 Å². The molecule has 0 spiro atoms. The van der Waals surface area contributed by atoms with Crippen LogP contribution in [0.3, 0.4) is 0 Å². The Labute approximate surface area is 124 Å². The summed E-state index contributed by atoms with van der Waals surface area (Å²) in [5.41, 5.74) is 8.01. The third kappa shape index (κ3) is 3.03. The van der Waals surface area contributed by atoms with Crippen LogP contribution in [0, 0.1) is 0 Å². The Kier molecular flexibility index (Phi) is 4.12. The molecule has 0 saturated carbocycles. The number of pyridine rings is 1. The summed E-state index contributed by atoms with van der Waals surface area (Å²) in [4.78, 5) is 4.30. The Bertz CT molecular complexity index is 726. The van der Waals surface area contributed by atoms with Gasteiger partial charge in [-0.05, 0) is 29.0 Å². The van der Waals surface area contributed by atoms with Crippen LogP contribution in [-0.2, 0) is 13.0 Å². The van der Waals surface area contributed by atoms with E-state index in [1.54, 1.807) is 6.20 Å². The lowest BCUT2D eigenvalue weighted by Crippen LogP contribution is -2.07. The van der Waals surface area contributed by atoms with Gasteiger partial charge in [0.15, 0.2) is 0 Å². The fraction of sp³-hybridized carbons (Fsp3) is 0.167. The number of benzene rings is 2. The van der Waals surface area contributed by atoms with Crippen LogP contribution in [0.4, 0.5) is 0 Å². The summed E-state index contributed by atoms with van der Waals surface area (Å²) in [6, 6.07) is 18.2. The van der Waals surface area contributed by atoms with Crippen molar-refractivity contribution in [1.82, 2.24) is 4.98 Å². The van der Waals surface area contributed by atoms with Gasteiger partial charge in [-0.2, -0.15) is 0 Å². The molecule has 0 saturated heterocycles. The first-order valence-corrected chi connectivity index (χ1v) is 7.12. The molecule has 0 amide bonds. The van der Waals surface area contributed by atoms with E-state index in [-0.39, 0.29) is 0 Å². The Balaban J connectivity index is 1.77. The second kappa shape index (κ2) is 6.37. The number of nitrogens with two attached hydrogens (primary N) is 1. The van der Waals surface area contributed by atoms with Crippen molar-refractivity contribution in [2.45, 2.75) is 13.0 Å². The molecule has 0 aliphatic rings. The highest BCUT2D eigenvalue weighted by Crippen LogP contribution is 2.27. The number of rotatable bonds is 5. The summed E-state index contributed by atoms with van der Waals surface area (Å²) in [7, 11) is 0. The normalized spacial score (nSPS) is 10.7. The van der Waals surface area contributed by atoms with Crippen LogP contribution in [0.5, 0.6) is 5.75 Å². The minimum atomic E-state index is 0.472. The molecule has 0 atom stereocenters. The van der Waals surface area contributed by atoms with Gasteiger partial charge in [0.05, 0.1) is 6.61 Å². The second-order valence-electron chi connectivity index (χ2n) is 4.89. The van der Waals surface area contributed by atoms with Gasteiger partial charge in [0, 0.05) is 30.4 Å². The van der Waals surface area contributed by atoms with E-state index in [0.29, 0.717) is 13.2 Å². The van der Waals surface area contributed by atoms with Crippen LogP contribution < -0.4 is 10.5 Å². The molecule has 106 valence electrons. The van der Waals surface area contributed by atoms with Gasteiger partial charge in [-0.3, -0.25) is 4.98 Å². The lowest BCUT2D eigenvalue weighted by atomic mass is 10.0. The molecule has 3 heteroatoms. The zero-order valence-corrected chi connectivity index (χ0v) is 11.8. The number of hydrogen-bond donors (Lipinski definition) is 1. The average Bonchev–Trinajstić information content (AvgIpc) is 2.55. The number of hydrogen-bond acceptors (Lipinski definition) is 3. The van der Waals surface area contributed by atoms with Gasteiger partial charge in [-0.1, -0.05) is 36.4 Å². The van der Waals surface area contributed by atoms with Crippen molar-refractivity contribution in [2.24, 2.45) is 5.73 Å². The van der Waals surface area contributed by atoms with E-state index in [1.165, 1.54) is 5.39 Å². The Morgan fingerprint density at radius 3 is 2.62 bits per heavy atom. The Morgan fingerprint density at radius 1 is 0.952 bits per heavy atom. The van der Waals surface area contributed by atoms with Crippen LogP contribution in [0.1, 0.15) is 11.3 Å². The van der Waals surface area contributed by atoms with Gasteiger partial charge < -0.3 is 10.5 Å². The van der Waals surface area contributed by atoms with E-state index < -0.39 is 0 Å². The van der Waals surface area contributed by atoms with E-state index in [9.17, 15) is 0 Å². The summed E-state index contributed by atoms with van der Waals surface area (Å²) >= 11 is 0. The average molecular weight is 278 g/mol. The molecule has 3 rings (SSSR count). The summed E-state index contributed by atoms with van der Waals surface area (Å²) in [6.07, 6.45) is 2.59. The van der Waals surface area contributed by atoms with Crippen LogP contribution in [0.15, 0.2) is 60.8 Å². The number of ether oxygens (including phenoxy) is 1. The Hall–Kier alpha value is -2.39. The highest BCUT2D eigenvalue weighted by Gasteiger charge is 2.07. The molecule has 0 bridgehead atoms. The van der Waals surface area contributed by atoms with E-state index in [0.717, 1.165) is 28.8 Å². The van der Waals surface area contributed by atoms with Crippen molar-refractivity contribution in [3.8, 4) is 5.75 Å². The fourth-order valence-electron chi connectivity index (χ4n) is 2.47. The molecule has 0 unspecified atom stereocenters. The number of nitrogens with zero attached hydrogens (tertiary/aromatic N) is 1. The van der Waals surface area contributed by atoms with Crippen molar-refractivity contribution in [3.63, 3.8) is 0 Å².